The minimum absolute atomic E-state index is 0.262. The van der Waals surface area contributed by atoms with Crippen molar-refractivity contribution in [2.45, 2.75) is 51.7 Å². The molecule has 112 valence electrons. The van der Waals surface area contributed by atoms with E-state index in [0.29, 0.717) is 6.61 Å². The molecule has 1 aliphatic rings. The molecule has 0 spiro atoms. The number of hydrogen-bond donors (Lipinski definition) is 1. The highest BCUT2D eigenvalue weighted by molar-refractivity contribution is 5.36. The van der Waals surface area contributed by atoms with Crippen molar-refractivity contribution in [1.82, 2.24) is 4.90 Å². The normalized spacial score (nSPS) is 18.2. The second kappa shape index (κ2) is 6.59. The summed E-state index contributed by atoms with van der Waals surface area (Å²) in [4.78, 5) is 2.38. The predicted molar refractivity (Wildman–Crippen MR) is 82.1 cm³/mol. The Hall–Kier alpha value is -1.06. The minimum Gasteiger partial charge on any atom is -0.493 e. The van der Waals surface area contributed by atoms with Crippen LogP contribution in [0, 0.1) is 0 Å². The maximum absolute atomic E-state index is 10.9. The Balaban J connectivity index is 2.20. The monoisotopic (exact) mass is 277 g/mol. The van der Waals surface area contributed by atoms with Gasteiger partial charge in [0.05, 0.1) is 6.61 Å². The third-order valence-electron chi connectivity index (χ3n) is 4.27. The van der Waals surface area contributed by atoms with Crippen molar-refractivity contribution in [1.29, 1.82) is 0 Å². The van der Waals surface area contributed by atoms with Crippen molar-refractivity contribution in [2.75, 3.05) is 19.7 Å². The second-order valence-electron chi connectivity index (χ2n) is 6.14. The highest BCUT2D eigenvalue weighted by Crippen LogP contribution is 2.37. The molecule has 0 aromatic heterocycles. The lowest BCUT2D eigenvalue weighted by Gasteiger charge is -2.40. The van der Waals surface area contributed by atoms with E-state index in [1.807, 2.05) is 24.3 Å². The second-order valence-corrected chi connectivity index (χ2v) is 6.14. The van der Waals surface area contributed by atoms with Crippen LogP contribution in [-0.2, 0) is 0 Å². The highest BCUT2D eigenvalue weighted by atomic mass is 16.5. The molecule has 3 heteroatoms. The van der Waals surface area contributed by atoms with Gasteiger partial charge >= 0.3 is 0 Å². The topological polar surface area (TPSA) is 32.7 Å². The first kappa shape index (κ1) is 15.3. The molecule has 1 unspecified atom stereocenters. The fourth-order valence-corrected chi connectivity index (χ4v) is 2.90. The maximum atomic E-state index is 10.9. The zero-order valence-electron chi connectivity index (χ0n) is 12.9. The summed E-state index contributed by atoms with van der Waals surface area (Å²) in [5.74, 6) is 0.814. The first-order valence-corrected chi connectivity index (χ1v) is 7.72. The molecule has 1 heterocycles. The molecule has 1 N–H and O–H groups in total. The summed E-state index contributed by atoms with van der Waals surface area (Å²) in [7, 11) is 0. The number of aliphatic hydroxyl groups excluding tert-OH is 1. The van der Waals surface area contributed by atoms with E-state index in [9.17, 15) is 5.11 Å². The molecule has 1 atom stereocenters. The van der Waals surface area contributed by atoms with Crippen molar-refractivity contribution in [3.8, 4) is 5.75 Å². The van der Waals surface area contributed by atoms with Crippen LogP contribution >= 0.6 is 0 Å². The van der Waals surface area contributed by atoms with Crippen LogP contribution < -0.4 is 4.74 Å². The summed E-state index contributed by atoms with van der Waals surface area (Å²) >= 11 is 0. The SMILES string of the molecule is CCCOc1ccccc1C(O)C(C)(C)N1CCCC1. The molecule has 0 aliphatic carbocycles. The molecule has 1 fully saturated rings. The molecule has 1 aromatic rings. The van der Waals surface area contributed by atoms with Crippen LogP contribution in [0.5, 0.6) is 5.75 Å². The standard InChI is InChI=1S/C17H27NO2/c1-4-13-20-15-10-6-5-9-14(15)16(19)17(2,3)18-11-7-8-12-18/h5-6,9-10,16,19H,4,7-8,11-13H2,1-3H3. The molecule has 0 radical (unpaired) electrons. The Morgan fingerprint density at radius 2 is 1.90 bits per heavy atom. The van der Waals surface area contributed by atoms with Gasteiger partial charge in [-0.3, -0.25) is 4.90 Å². The summed E-state index contributed by atoms with van der Waals surface area (Å²) in [5, 5.41) is 10.9. The summed E-state index contributed by atoms with van der Waals surface area (Å²) < 4.78 is 5.79. The van der Waals surface area contributed by atoms with E-state index >= 15 is 0 Å². The van der Waals surface area contributed by atoms with E-state index < -0.39 is 6.10 Å². The third-order valence-corrected chi connectivity index (χ3v) is 4.27. The Morgan fingerprint density at radius 3 is 2.55 bits per heavy atom. The number of hydrogen-bond acceptors (Lipinski definition) is 3. The van der Waals surface area contributed by atoms with Gasteiger partial charge in [0.2, 0.25) is 0 Å². The van der Waals surface area contributed by atoms with Crippen LogP contribution in [-0.4, -0.2) is 35.2 Å². The van der Waals surface area contributed by atoms with Gasteiger partial charge in [-0.1, -0.05) is 25.1 Å². The van der Waals surface area contributed by atoms with Crippen molar-refractivity contribution < 1.29 is 9.84 Å². The lowest BCUT2D eigenvalue weighted by Crippen LogP contribution is -2.46. The molecule has 1 aromatic carbocycles. The van der Waals surface area contributed by atoms with E-state index in [0.717, 1.165) is 30.8 Å². The zero-order chi connectivity index (χ0) is 14.6. The van der Waals surface area contributed by atoms with Gasteiger partial charge in [-0.05, 0) is 52.3 Å². The van der Waals surface area contributed by atoms with Crippen LogP contribution in [0.3, 0.4) is 0 Å². The number of likely N-dealkylation sites (tertiary alicyclic amines) is 1. The molecule has 1 saturated heterocycles. The van der Waals surface area contributed by atoms with Crippen LogP contribution in [0.4, 0.5) is 0 Å². The van der Waals surface area contributed by atoms with Crippen molar-refractivity contribution in [2.24, 2.45) is 0 Å². The quantitative estimate of drug-likeness (QED) is 0.865. The summed E-state index contributed by atoms with van der Waals surface area (Å²) in [5.41, 5.74) is 0.639. The fourth-order valence-electron chi connectivity index (χ4n) is 2.90. The largest absolute Gasteiger partial charge is 0.493 e. The molecule has 0 saturated carbocycles. The number of rotatable bonds is 6. The van der Waals surface area contributed by atoms with Gasteiger partial charge in [-0.25, -0.2) is 0 Å². The molecule has 1 aliphatic heterocycles. The van der Waals surface area contributed by atoms with E-state index in [1.165, 1.54) is 12.8 Å². The van der Waals surface area contributed by atoms with Crippen LogP contribution in [0.1, 0.15) is 51.7 Å². The molecule has 20 heavy (non-hydrogen) atoms. The first-order valence-electron chi connectivity index (χ1n) is 7.72. The number of aliphatic hydroxyl groups is 1. The van der Waals surface area contributed by atoms with Gasteiger partial charge in [0.25, 0.3) is 0 Å². The van der Waals surface area contributed by atoms with E-state index in [1.54, 1.807) is 0 Å². The summed E-state index contributed by atoms with van der Waals surface area (Å²) in [6.45, 7) is 9.17. The molecular weight excluding hydrogens is 250 g/mol. The average Bonchev–Trinajstić information content (AvgIpc) is 2.99. The van der Waals surface area contributed by atoms with Crippen molar-refractivity contribution in [3.63, 3.8) is 0 Å². The number of nitrogens with zero attached hydrogens (tertiary/aromatic N) is 1. The lowest BCUT2D eigenvalue weighted by molar-refractivity contribution is -0.000225. The molecular formula is C17H27NO2. The number of benzene rings is 1. The van der Waals surface area contributed by atoms with E-state index in [-0.39, 0.29) is 5.54 Å². The predicted octanol–water partition coefficient (Wildman–Crippen LogP) is 3.38. The van der Waals surface area contributed by atoms with Crippen LogP contribution in [0.15, 0.2) is 24.3 Å². The summed E-state index contributed by atoms with van der Waals surface area (Å²) in [6.07, 6.45) is 2.89. The third kappa shape index (κ3) is 3.15. The van der Waals surface area contributed by atoms with E-state index in [2.05, 4.69) is 25.7 Å². The van der Waals surface area contributed by atoms with Gasteiger partial charge in [0, 0.05) is 11.1 Å². The minimum atomic E-state index is -0.534. The molecule has 2 rings (SSSR count). The lowest BCUT2D eigenvalue weighted by atomic mass is 9.89. The van der Waals surface area contributed by atoms with Gasteiger partial charge < -0.3 is 9.84 Å². The van der Waals surface area contributed by atoms with Gasteiger partial charge in [0.1, 0.15) is 11.9 Å². The molecule has 0 amide bonds. The van der Waals surface area contributed by atoms with Crippen molar-refractivity contribution in [3.05, 3.63) is 29.8 Å². The van der Waals surface area contributed by atoms with Gasteiger partial charge in [-0.2, -0.15) is 0 Å². The van der Waals surface area contributed by atoms with Gasteiger partial charge in [0.15, 0.2) is 0 Å². The van der Waals surface area contributed by atoms with Crippen LogP contribution in [0.2, 0.25) is 0 Å². The zero-order valence-corrected chi connectivity index (χ0v) is 12.9. The smallest absolute Gasteiger partial charge is 0.125 e. The Morgan fingerprint density at radius 1 is 1.25 bits per heavy atom. The number of ether oxygens (including phenoxy) is 1. The Bertz CT molecular complexity index is 425. The number of para-hydroxylation sites is 1. The highest BCUT2D eigenvalue weighted by Gasteiger charge is 2.37. The summed E-state index contributed by atoms with van der Waals surface area (Å²) in [6, 6.07) is 7.86. The Kier molecular flexibility index (Phi) is 5.06. The fraction of sp³-hybridized carbons (Fsp3) is 0.647. The Labute approximate surface area is 122 Å². The average molecular weight is 277 g/mol. The molecule has 3 nitrogen and oxygen atoms in total. The first-order chi connectivity index (χ1) is 9.57. The maximum Gasteiger partial charge on any atom is 0.125 e. The van der Waals surface area contributed by atoms with Crippen molar-refractivity contribution >= 4 is 0 Å². The molecule has 0 bridgehead atoms. The van der Waals surface area contributed by atoms with Gasteiger partial charge in [-0.15, -0.1) is 0 Å². The van der Waals surface area contributed by atoms with Crippen LogP contribution in [0.25, 0.3) is 0 Å². The van der Waals surface area contributed by atoms with E-state index in [4.69, 9.17) is 4.74 Å².